The van der Waals surface area contributed by atoms with Crippen molar-refractivity contribution in [1.29, 1.82) is 0 Å². The van der Waals surface area contributed by atoms with Crippen molar-refractivity contribution in [2.24, 2.45) is 16.8 Å². The Labute approximate surface area is 196 Å². The minimum atomic E-state index is 0. The van der Waals surface area contributed by atoms with E-state index < -0.39 is 0 Å². The van der Waals surface area contributed by atoms with Crippen molar-refractivity contribution in [1.82, 2.24) is 15.5 Å². The molecule has 1 aliphatic rings. The maximum atomic E-state index is 12.5. The maximum Gasteiger partial charge on any atom is 0.224 e. The molecule has 1 aliphatic heterocycles. The van der Waals surface area contributed by atoms with Gasteiger partial charge in [0.05, 0.1) is 0 Å². The molecule has 2 rings (SSSR count). The second kappa shape index (κ2) is 14.2. The Morgan fingerprint density at radius 3 is 2.86 bits per heavy atom. The molecular formula is C21H37IN4O2S. The molecule has 0 aliphatic carbocycles. The fourth-order valence-corrected chi connectivity index (χ4v) is 4.49. The van der Waals surface area contributed by atoms with Crippen molar-refractivity contribution in [3.63, 3.8) is 0 Å². The normalized spacial score (nSPS) is 14.9. The number of nitrogens with zero attached hydrogens (tertiary/aromatic N) is 2. The lowest BCUT2D eigenvalue weighted by Gasteiger charge is -2.27. The van der Waals surface area contributed by atoms with E-state index in [0.717, 1.165) is 44.9 Å². The first kappa shape index (κ1) is 26.2. The molecule has 166 valence electrons. The molecule has 0 radical (unpaired) electrons. The van der Waals surface area contributed by atoms with Crippen LogP contribution in [-0.4, -0.2) is 54.7 Å². The predicted molar refractivity (Wildman–Crippen MR) is 132 cm³/mol. The molecule has 0 spiro atoms. The molecule has 3 N–H and O–H groups in total. The maximum absolute atomic E-state index is 12.5. The highest BCUT2D eigenvalue weighted by Gasteiger charge is 2.21. The van der Waals surface area contributed by atoms with Crippen LogP contribution in [0, 0.1) is 11.8 Å². The van der Waals surface area contributed by atoms with Crippen LogP contribution in [0.1, 0.15) is 50.5 Å². The number of carbonyl (C=O) groups excluding carboxylic acids is 1. The molecule has 1 amide bonds. The number of aliphatic imine (C=N–C) groups is 1. The molecule has 6 nitrogen and oxygen atoms in total. The van der Waals surface area contributed by atoms with Gasteiger partial charge in [0.25, 0.3) is 0 Å². The van der Waals surface area contributed by atoms with Crippen LogP contribution in [0.5, 0.6) is 0 Å². The summed E-state index contributed by atoms with van der Waals surface area (Å²) in [6.45, 7) is 10.2. The Balaban J connectivity index is 0.00000420. The topological polar surface area (TPSA) is 77.0 Å². The first-order chi connectivity index (χ1) is 13.5. The lowest BCUT2D eigenvalue weighted by molar-refractivity contribution is -0.131. The van der Waals surface area contributed by atoms with Crippen LogP contribution in [0.2, 0.25) is 0 Å². The molecule has 2 heterocycles. The Kier molecular flexibility index (Phi) is 12.8. The number of hydrogen-bond donors (Lipinski definition) is 3. The Bertz CT molecular complexity index is 636. The summed E-state index contributed by atoms with van der Waals surface area (Å²) in [6.07, 6.45) is 3.27. The third kappa shape index (κ3) is 9.21. The summed E-state index contributed by atoms with van der Waals surface area (Å²) in [4.78, 5) is 20.6. The van der Waals surface area contributed by atoms with Crippen molar-refractivity contribution in [2.75, 3.05) is 32.8 Å². The van der Waals surface area contributed by atoms with E-state index in [2.05, 4.69) is 40.9 Å². The third-order valence-electron chi connectivity index (χ3n) is 4.99. The van der Waals surface area contributed by atoms with E-state index in [0.29, 0.717) is 31.3 Å². The first-order valence-corrected chi connectivity index (χ1v) is 11.4. The fraction of sp³-hybridized carbons (Fsp3) is 0.714. The van der Waals surface area contributed by atoms with Gasteiger partial charge in [-0.2, -0.15) is 0 Å². The Morgan fingerprint density at radius 2 is 2.17 bits per heavy atom. The standard InChI is InChI=1S/C21H36N4O2S.HI/c1-4-22-21(24-14-17(7-11-26)13-16(2)3)23-9-5-20(27)25-10-6-19-18(15-25)8-12-28-19;/h8,12,16-17,26H,4-7,9-11,13-15H2,1-3H3,(H2,22,23,24);1H. The van der Waals surface area contributed by atoms with Crippen LogP contribution in [0.15, 0.2) is 16.4 Å². The quantitative estimate of drug-likeness (QED) is 0.244. The van der Waals surface area contributed by atoms with Gasteiger partial charge in [0, 0.05) is 50.6 Å². The van der Waals surface area contributed by atoms with Gasteiger partial charge in [-0.25, -0.2) is 0 Å². The van der Waals surface area contributed by atoms with Gasteiger partial charge >= 0.3 is 0 Å². The summed E-state index contributed by atoms with van der Waals surface area (Å²) in [5.41, 5.74) is 1.30. The number of aliphatic hydroxyl groups excluding tert-OH is 1. The number of fused-ring (bicyclic) bond motifs is 1. The van der Waals surface area contributed by atoms with Gasteiger partial charge in [-0.05, 0) is 55.0 Å². The minimum Gasteiger partial charge on any atom is -0.396 e. The smallest absolute Gasteiger partial charge is 0.224 e. The zero-order chi connectivity index (χ0) is 20.4. The average molecular weight is 537 g/mol. The lowest BCUT2D eigenvalue weighted by Crippen LogP contribution is -2.41. The molecule has 0 aromatic carbocycles. The van der Waals surface area contributed by atoms with Crippen molar-refractivity contribution < 1.29 is 9.90 Å². The molecule has 0 saturated heterocycles. The van der Waals surface area contributed by atoms with Crippen LogP contribution >= 0.6 is 35.3 Å². The summed E-state index contributed by atoms with van der Waals surface area (Å²) in [6, 6.07) is 2.13. The molecule has 1 aromatic heterocycles. The zero-order valence-electron chi connectivity index (χ0n) is 17.9. The summed E-state index contributed by atoms with van der Waals surface area (Å²) >= 11 is 1.79. The van der Waals surface area contributed by atoms with E-state index >= 15 is 0 Å². The van der Waals surface area contributed by atoms with E-state index in [4.69, 9.17) is 0 Å². The number of carbonyl (C=O) groups is 1. The van der Waals surface area contributed by atoms with Gasteiger partial charge in [-0.3, -0.25) is 9.79 Å². The number of amides is 1. The molecule has 0 saturated carbocycles. The number of hydrogen-bond acceptors (Lipinski definition) is 4. The van der Waals surface area contributed by atoms with Gasteiger partial charge < -0.3 is 20.6 Å². The summed E-state index contributed by atoms with van der Waals surface area (Å²) in [5.74, 6) is 1.92. The molecule has 1 atom stereocenters. The van der Waals surface area contributed by atoms with Gasteiger partial charge in [-0.1, -0.05) is 13.8 Å². The summed E-state index contributed by atoms with van der Waals surface area (Å²) in [5, 5.41) is 17.9. The third-order valence-corrected chi connectivity index (χ3v) is 6.01. The van der Waals surface area contributed by atoms with Crippen molar-refractivity contribution >= 4 is 47.2 Å². The molecule has 0 bridgehead atoms. The first-order valence-electron chi connectivity index (χ1n) is 10.5. The SMILES string of the molecule is CCNC(=NCC(CCO)CC(C)C)NCCC(=O)N1CCc2sccc2C1.I. The fourth-order valence-electron chi connectivity index (χ4n) is 3.60. The van der Waals surface area contributed by atoms with E-state index in [1.165, 1.54) is 10.4 Å². The van der Waals surface area contributed by atoms with Crippen LogP contribution in [0.3, 0.4) is 0 Å². The molecule has 29 heavy (non-hydrogen) atoms. The van der Waals surface area contributed by atoms with Gasteiger partial charge in [0.1, 0.15) is 0 Å². The number of thiophene rings is 1. The lowest BCUT2D eigenvalue weighted by atomic mass is 9.94. The molecule has 1 aromatic rings. The average Bonchev–Trinajstić information content (AvgIpc) is 3.13. The van der Waals surface area contributed by atoms with Gasteiger partial charge in [0.2, 0.25) is 5.91 Å². The zero-order valence-corrected chi connectivity index (χ0v) is 21.1. The van der Waals surface area contributed by atoms with Gasteiger partial charge in [-0.15, -0.1) is 35.3 Å². The molecule has 1 unspecified atom stereocenters. The second-order valence-corrected chi connectivity index (χ2v) is 8.84. The number of guanidine groups is 1. The van der Waals surface area contributed by atoms with Crippen molar-refractivity contribution in [2.45, 2.75) is 53.0 Å². The highest BCUT2D eigenvalue weighted by Crippen LogP contribution is 2.24. The highest BCUT2D eigenvalue weighted by atomic mass is 127. The summed E-state index contributed by atoms with van der Waals surface area (Å²) in [7, 11) is 0. The Hall–Kier alpha value is -0.870. The summed E-state index contributed by atoms with van der Waals surface area (Å²) < 4.78 is 0. The second-order valence-electron chi connectivity index (χ2n) is 7.84. The molecular weight excluding hydrogens is 499 g/mol. The monoisotopic (exact) mass is 536 g/mol. The number of nitrogens with one attached hydrogen (secondary N) is 2. The van der Waals surface area contributed by atoms with E-state index in [1.54, 1.807) is 11.3 Å². The number of rotatable bonds is 10. The molecule has 8 heteroatoms. The molecule has 0 fully saturated rings. The number of halogens is 1. The number of aliphatic hydroxyl groups is 1. The predicted octanol–water partition coefficient (Wildman–Crippen LogP) is 3.24. The van der Waals surface area contributed by atoms with E-state index in [9.17, 15) is 9.90 Å². The van der Waals surface area contributed by atoms with Crippen LogP contribution in [0.25, 0.3) is 0 Å². The highest BCUT2D eigenvalue weighted by molar-refractivity contribution is 14.0. The van der Waals surface area contributed by atoms with Crippen LogP contribution < -0.4 is 10.6 Å². The van der Waals surface area contributed by atoms with Crippen molar-refractivity contribution in [3.05, 3.63) is 21.9 Å². The largest absolute Gasteiger partial charge is 0.396 e. The van der Waals surface area contributed by atoms with E-state index in [1.807, 2.05) is 11.8 Å². The van der Waals surface area contributed by atoms with E-state index in [-0.39, 0.29) is 36.5 Å². The minimum absolute atomic E-state index is 0. The van der Waals surface area contributed by atoms with Gasteiger partial charge in [0.15, 0.2) is 5.96 Å². The van der Waals surface area contributed by atoms with Crippen LogP contribution in [0.4, 0.5) is 0 Å². The van der Waals surface area contributed by atoms with Crippen LogP contribution in [-0.2, 0) is 17.8 Å². The Morgan fingerprint density at radius 1 is 1.38 bits per heavy atom. The van der Waals surface area contributed by atoms with Crippen molar-refractivity contribution in [3.8, 4) is 0 Å².